The lowest BCUT2D eigenvalue weighted by Crippen LogP contribution is -2.50. The molecule has 7 rings (SSSR count). The minimum Gasteiger partial charge on any atom is -0.490 e. The number of aryl methyl sites for hydroxylation is 1. The highest BCUT2D eigenvalue weighted by molar-refractivity contribution is 7.99. The summed E-state index contributed by atoms with van der Waals surface area (Å²) >= 11 is 6.49. The number of carbonyl (C=O) groups excluding carboxylic acids is 1. The van der Waals surface area contributed by atoms with Crippen molar-refractivity contribution in [2.24, 2.45) is 23.7 Å². The monoisotopic (exact) mass is 711 g/mol. The van der Waals surface area contributed by atoms with Gasteiger partial charge in [-0.2, -0.15) is 0 Å². The van der Waals surface area contributed by atoms with E-state index in [-0.39, 0.29) is 40.8 Å². The van der Waals surface area contributed by atoms with Gasteiger partial charge in [0.1, 0.15) is 5.75 Å². The maximum Gasteiger partial charge on any atom is 0.262 e. The summed E-state index contributed by atoms with van der Waals surface area (Å²) in [5.74, 6) is 5.83. The van der Waals surface area contributed by atoms with Gasteiger partial charge in [-0.1, -0.05) is 31.0 Å². The van der Waals surface area contributed by atoms with Crippen LogP contribution in [0.25, 0.3) is 0 Å². The SMILES string of the molecule is C=S1(=O)NC(=O)c2ccc3c(c2)N(C[C@@H]2CC[C@H]2[C@@H]([C@H]2OC[C@@H](CN(C)C)O2)CCC[C@H](C)[C@H]1C)C[C@@]1(CCCc2cc(Cl)ccc21)CO3. The van der Waals surface area contributed by atoms with E-state index < -0.39 is 9.71 Å². The van der Waals surface area contributed by atoms with Crippen molar-refractivity contribution in [3.05, 3.63) is 58.1 Å². The van der Waals surface area contributed by atoms with Crippen molar-refractivity contribution in [3.63, 3.8) is 0 Å². The topological polar surface area (TPSA) is 80.3 Å². The Morgan fingerprint density at radius 2 is 1.92 bits per heavy atom. The van der Waals surface area contributed by atoms with Gasteiger partial charge >= 0.3 is 0 Å². The fraction of sp³-hybridized carbons (Fsp3) is 0.641. The number of carbonyl (C=O) groups is 1. The van der Waals surface area contributed by atoms with E-state index in [9.17, 15) is 9.00 Å². The smallest absolute Gasteiger partial charge is 0.262 e. The molecule has 2 aliphatic carbocycles. The molecule has 10 heteroatoms. The van der Waals surface area contributed by atoms with Crippen LogP contribution < -0.4 is 14.4 Å². The number of rotatable bonds is 3. The molecule has 268 valence electrons. The van der Waals surface area contributed by atoms with Gasteiger partial charge in [-0.25, -0.2) is 4.21 Å². The number of likely N-dealkylation sites (N-methyl/N-ethyl adjacent to an activating group) is 1. The Kier molecular flexibility index (Phi) is 10.0. The third-order valence-electron chi connectivity index (χ3n) is 12.3. The molecular formula is C39H54ClN3O5S. The molecule has 1 spiro atoms. The zero-order valence-corrected chi connectivity index (χ0v) is 31.2. The lowest BCUT2D eigenvalue weighted by atomic mass is 9.64. The molecular weight excluding hydrogens is 658 g/mol. The van der Waals surface area contributed by atoms with Crippen molar-refractivity contribution in [3.8, 4) is 5.75 Å². The van der Waals surface area contributed by atoms with E-state index in [1.807, 2.05) is 25.1 Å². The van der Waals surface area contributed by atoms with Crippen LogP contribution in [0.1, 0.15) is 80.3 Å². The Balaban J connectivity index is 1.27. The van der Waals surface area contributed by atoms with Crippen LogP contribution in [0.15, 0.2) is 36.4 Å². The van der Waals surface area contributed by atoms with Gasteiger partial charge in [0.15, 0.2) is 6.29 Å². The third-order valence-corrected chi connectivity index (χ3v) is 14.8. The zero-order chi connectivity index (χ0) is 34.5. The highest BCUT2D eigenvalue weighted by Gasteiger charge is 2.47. The number of nitrogens with zero attached hydrogens (tertiary/aromatic N) is 2. The largest absolute Gasteiger partial charge is 0.490 e. The number of hydrogen-bond donors (Lipinski definition) is 1. The second kappa shape index (κ2) is 14.0. The second-order valence-corrected chi connectivity index (χ2v) is 18.8. The Labute approximate surface area is 298 Å². The summed E-state index contributed by atoms with van der Waals surface area (Å²) in [6.45, 7) is 7.77. The molecule has 1 saturated heterocycles. The van der Waals surface area contributed by atoms with Crippen molar-refractivity contribution < 1.29 is 23.2 Å². The van der Waals surface area contributed by atoms with E-state index in [0.29, 0.717) is 30.6 Å². The van der Waals surface area contributed by atoms with Gasteiger partial charge in [-0.05, 0) is 131 Å². The van der Waals surface area contributed by atoms with Gasteiger partial charge in [0.2, 0.25) is 0 Å². The molecule has 1 N–H and O–H groups in total. The van der Waals surface area contributed by atoms with Gasteiger partial charge in [0, 0.05) is 46.8 Å². The first-order valence-electron chi connectivity index (χ1n) is 18.3. The molecule has 3 aliphatic heterocycles. The molecule has 2 fully saturated rings. The lowest BCUT2D eigenvalue weighted by molar-refractivity contribution is -0.134. The molecule has 5 aliphatic rings. The number of anilines is 1. The molecule has 0 radical (unpaired) electrons. The van der Waals surface area contributed by atoms with Crippen molar-refractivity contribution in [1.29, 1.82) is 0 Å². The number of amides is 1. The highest BCUT2D eigenvalue weighted by atomic mass is 35.5. The molecule has 49 heavy (non-hydrogen) atoms. The molecule has 0 aromatic heterocycles. The first-order valence-corrected chi connectivity index (χ1v) is 20.5. The van der Waals surface area contributed by atoms with Crippen LogP contribution in [0.3, 0.4) is 0 Å². The molecule has 2 aromatic rings. The Bertz CT molecular complexity index is 1650. The zero-order valence-electron chi connectivity index (χ0n) is 29.6. The third kappa shape index (κ3) is 7.12. The molecule has 2 aromatic carbocycles. The van der Waals surface area contributed by atoms with Crippen molar-refractivity contribution in [2.75, 3.05) is 51.8 Å². The number of benzene rings is 2. The van der Waals surface area contributed by atoms with Crippen LogP contribution in [-0.2, 0) is 31.0 Å². The molecule has 1 amide bonds. The Hall–Kier alpha value is -2.30. The molecule has 1 unspecified atom stereocenters. The molecule has 9 atom stereocenters. The lowest BCUT2D eigenvalue weighted by Gasteiger charge is -2.47. The van der Waals surface area contributed by atoms with Crippen LogP contribution in [-0.4, -0.2) is 85.5 Å². The number of hydrogen-bond acceptors (Lipinski definition) is 7. The summed E-state index contributed by atoms with van der Waals surface area (Å²) in [5, 5.41) is 0.496. The van der Waals surface area contributed by atoms with Crippen molar-refractivity contribution in [2.45, 2.75) is 88.3 Å². The molecule has 1 saturated carbocycles. The summed E-state index contributed by atoms with van der Waals surface area (Å²) in [7, 11) is 1.26. The van der Waals surface area contributed by atoms with Crippen LogP contribution in [0.5, 0.6) is 5.75 Å². The van der Waals surface area contributed by atoms with Crippen molar-refractivity contribution in [1.82, 2.24) is 9.62 Å². The van der Waals surface area contributed by atoms with Gasteiger partial charge in [-0.3, -0.25) is 9.52 Å². The van der Waals surface area contributed by atoms with E-state index in [1.165, 1.54) is 11.1 Å². The fourth-order valence-electron chi connectivity index (χ4n) is 9.27. The van der Waals surface area contributed by atoms with E-state index in [4.69, 9.17) is 25.8 Å². The van der Waals surface area contributed by atoms with Gasteiger partial charge in [0.25, 0.3) is 5.91 Å². The standard InChI is InChI=1S/C39H54ClN3O5S/c1-25-8-6-10-33(38-46-22-31(48-38)21-42(3)4)32-14-11-29(32)20-43-23-39(17-7-9-27-18-30(40)13-15-34(27)39)24-47-36-16-12-28(19-35(36)43)37(44)41-49(5,45)26(25)2/h12-13,15-16,18-19,25-26,29,31-33,38H,5-11,14,17,20-24H2,1-4H3,(H,41,44,45)/t25-,26+,29-,31+,32+,33-,38-,39-,49?/m0/s1. The summed E-state index contributed by atoms with van der Waals surface area (Å²) < 4.78 is 36.6. The number of halogens is 1. The average Bonchev–Trinajstić information content (AvgIpc) is 3.44. The summed E-state index contributed by atoms with van der Waals surface area (Å²) in [6.07, 6.45) is 8.14. The first-order chi connectivity index (χ1) is 23.4. The minimum absolute atomic E-state index is 0.0741. The highest BCUT2D eigenvalue weighted by Crippen LogP contribution is 2.49. The summed E-state index contributed by atoms with van der Waals surface area (Å²) in [6, 6.07) is 12.0. The van der Waals surface area contributed by atoms with E-state index in [1.54, 1.807) is 6.07 Å². The maximum absolute atomic E-state index is 13.9. The van der Waals surface area contributed by atoms with E-state index >= 15 is 0 Å². The quantitative estimate of drug-likeness (QED) is 0.373. The van der Waals surface area contributed by atoms with Gasteiger partial charge in [0.05, 0.1) is 34.7 Å². The fourth-order valence-corrected chi connectivity index (χ4v) is 11.0. The molecule has 3 heterocycles. The minimum atomic E-state index is -2.90. The van der Waals surface area contributed by atoms with E-state index in [2.05, 4.69) is 53.5 Å². The van der Waals surface area contributed by atoms with Gasteiger partial charge in [-0.15, -0.1) is 0 Å². The van der Waals surface area contributed by atoms with Gasteiger partial charge < -0.3 is 24.0 Å². The van der Waals surface area contributed by atoms with E-state index in [0.717, 1.165) is 87.5 Å². The molecule has 2 bridgehead atoms. The molecule has 8 nitrogen and oxygen atoms in total. The number of fused-ring (bicyclic) bond motifs is 4. The van der Waals surface area contributed by atoms with Crippen LogP contribution >= 0.6 is 11.6 Å². The Morgan fingerprint density at radius 1 is 1.08 bits per heavy atom. The van der Waals surface area contributed by atoms with Crippen LogP contribution in [0.2, 0.25) is 5.02 Å². The predicted molar refractivity (Wildman–Crippen MR) is 198 cm³/mol. The van der Waals surface area contributed by atoms with Crippen LogP contribution in [0.4, 0.5) is 5.69 Å². The summed E-state index contributed by atoms with van der Waals surface area (Å²) in [5.41, 5.74) is 3.83. The number of ether oxygens (including phenoxy) is 3. The summed E-state index contributed by atoms with van der Waals surface area (Å²) in [4.78, 5) is 18.4. The number of nitrogens with one attached hydrogen (secondary N) is 1. The first kappa shape index (κ1) is 35.1. The predicted octanol–water partition coefficient (Wildman–Crippen LogP) is 6.33. The second-order valence-electron chi connectivity index (χ2n) is 15.9. The van der Waals surface area contributed by atoms with Crippen LogP contribution in [0, 0.1) is 23.7 Å². The average molecular weight is 712 g/mol. The van der Waals surface area contributed by atoms with Crippen molar-refractivity contribution >= 4 is 38.8 Å². The maximum atomic E-state index is 13.9. The Morgan fingerprint density at radius 3 is 2.69 bits per heavy atom. The normalized spacial score (nSPS) is 36.7.